The monoisotopic (exact) mass is 767 g/mol. The van der Waals surface area contributed by atoms with Gasteiger partial charge in [0.15, 0.2) is 0 Å². The third-order valence-corrected chi connectivity index (χ3v) is 12.2. The summed E-state index contributed by atoms with van der Waals surface area (Å²) in [6.45, 7) is 19.2. The molecule has 11 nitrogen and oxygen atoms in total. The fourth-order valence-corrected chi connectivity index (χ4v) is 8.74. The van der Waals surface area contributed by atoms with E-state index in [4.69, 9.17) is 21.6 Å². The third-order valence-electron chi connectivity index (χ3n) is 11.9. The van der Waals surface area contributed by atoms with Gasteiger partial charge in [-0.1, -0.05) is 35.9 Å². The van der Waals surface area contributed by atoms with Crippen LogP contribution in [0.2, 0.25) is 5.02 Å². The first-order valence-electron chi connectivity index (χ1n) is 19.1. The molecule has 288 valence electrons. The van der Waals surface area contributed by atoms with E-state index in [1.165, 1.54) is 4.90 Å². The van der Waals surface area contributed by atoms with E-state index in [9.17, 15) is 14.4 Å². The number of benzene rings is 2. The molecule has 1 unspecified atom stereocenters. The molecule has 0 bridgehead atoms. The van der Waals surface area contributed by atoms with Crippen molar-refractivity contribution in [3.05, 3.63) is 103 Å². The summed E-state index contributed by atoms with van der Waals surface area (Å²) in [5, 5.41) is 11.8. The number of fused-ring (bicyclic) bond motifs is 1. The van der Waals surface area contributed by atoms with Gasteiger partial charge in [0.1, 0.15) is 24.1 Å². The Bertz CT molecular complexity index is 1990. The minimum absolute atomic E-state index is 0. The molecule has 0 radical (unpaired) electrons. The summed E-state index contributed by atoms with van der Waals surface area (Å²) in [5.74, 6) is -0.306. The first-order chi connectivity index (χ1) is 26.5. The van der Waals surface area contributed by atoms with Crippen LogP contribution in [0.1, 0.15) is 73.4 Å². The van der Waals surface area contributed by atoms with Crippen molar-refractivity contribution in [3.63, 3.8) is 0 Å². The Morgan fingerprint density at radius 1 is 1.05 bits per heavy atom. The SMILES string of the molecule is C=C1c2ccc(N3CC(N4CCC(Oc5cc[c-]cn5)CC4)C3)cc2C(=O)N1C1CCC(=O)NC1=O.[CH2-]CC1(C[CH2-])C[C@H](C)N(c2ccc(C#N)c(Cl)c2)C1.[Li+]. The van der Waals surface area contributed by atoms with Crippen LogP contribution in [-0.2, 0) is 9.59 Å². The van der Waals surface area contributed by atoms with Crippen LogP contribution in [0.15, 0.2) is 61.3 Å². The van der Waals surface area contributed by atoms with Crippen LogP contribution in [0.25, 0.3) is 5.70 Å². The summed E-state index contributed by atoms with van der Waals surface area (Å²) in [4.78, 5) is 50.0. The van der Waals surface area contributed by atoms with Gasteiger partial charge < -0.3 is 28.4 Å². The number of piperidine rings is 2. The van der Waals surface area contributed by atoms with E-state index in [1.807, 2.05) is 42.5 Å². The van der Waals surface area contributed by atoms with E-state index in [0.29, 0.717) is 46.2 Å². The Labute approximate surface area is 347 Å². The van der Waals surface area contributed by atoms with Gasteiger partial charge >= 0.3 is 18.9 Å². The fraction of sp³-hybridized carbons (Fsp3) is 0.419. The normalized spacial score (nSPS) is 22.4. The van der Waals surface area contributed by atoms with Crippen LogP contribution in [0.4, 0.5) is 11.4 Å². The van der Waals surface area contributed by atoms with Crippen molar-refractivity contribution in [3.8, 4) is 11.9 Å². The maximum Gasteiger partial charge on any atom is 1.00 e. The van der Waals surface area contributed by atoms with Gasteiger partial charge in [-0.2, -0.15) is 18.1 Å². The zero-order chi connectivity index (χ0) is 38.9. The van der Waals surface area contributed by atoms with E-state index < -0.39 is 11.9 Å². The van der Waals surface area contributed by atoms with Crippen molar-refractivity contribution in [2.75, 3.05) is 42.5 Å². The van der Waals surface area contributed by atoms with Gasteiger partial charge in [-0.25, -0.2) is 12.1 Å². The van der Waals surface area contributed by atoms with Crippen LogP contribution >= 0.6 is 11.6 Å². The van der Waals surface area contributed by atoms with Crippen LogP contribution in [0, 0.1) is 36.7 Å². The molecule has 5 aliphatic heterocycles. The Morgan fingerprint density at radius 2 is 1.79 bits per heavy atom. The molecule has 5 aliphatic rings. The third kappa shape index (κ3) is 8.36. The molecule has 4 saturated heterocycles. The molecule has 4 fully saturated rings. The Balaban J connectivity index is 0.000000226. The van der Waals surface area contributed by atoms with E-state index in [0.717, 1.165) is 81.8 Å². The number of rotatable bonds is 8. The van der Waals surface area contributed by atoms with Gasteiger partial charge in [0.05, 0.1) is 16.1 Å². The number of aromatic nitrogens is 1. The quantitative estimate of drug-likeness (QED) is 0.210. The fourth-order valence-electron chi connectivity index (χ4n) is 8.53. The van der Waals surface area contributed by atoms with Crippen molar-refractivity contribution in [2.24, 2.45) is 5.41 Å². The standard InChI is InChI=1S/C27H28N5O4.C16H19ClN2.Li/c1-17-21-6-5-18(14-22(21)27(35)32(17)23-7-8-24(33)29-26(23)34)31-15-19(16-31)30-12-9-20(10-13-30)36-25-4-2-3-11-28-25;1-4-16(5-2)9-12(3)19(11-16)14-7-6-13(10-18)15(17)8-14;/h2,4-6,11,14,19-20,23H,1,7-10,12-13,15-16H2,(H,29,33,34);6-8,12H,1-2,4-5,9,11H2,3H3;/q-1;-2;+1/t;12-;/m.0./s1. The minimum Gasteiger partial charge on any atom is -0.490 e. The summed E-state index contributed by atoms with van der Waals surface area (Å²) in [6, 6.07) is 20.4. The average Bonchev–Trinajstić information content (AvgIpc) is 3.64. The number of carbonyl (C=O) groups is 3. The van der Waals surface area contributed by atoms with Crippen molar-refractivity contribution in [2.45, 2.75) is 76.1 Å². The number of nitrogens with one attached hydrogen (secondary N) is 1. The number of nitriles is 1. The maximum atomic E-state index is 13.2. The number of nitrogens with zero attached hydrogens (tertiary/aromatic N) is 6. The molecule has 0 spiro atoms. The van der Waals surface area contributed by atoms with Crippen LogP contribution in [0.5, 0.6) is 5.88 Å². The van der Waals surface area contributed by atoms with E-state index in [2.05, 4.69) is 64.5 Å². The first-order valence-corrected chi connectivity index (χ1v) is 19.4. The maximum absolute atomic E-state index is 13.2. The van der Waals surface area contributed by atoms with E-state index in [1.54, 1.807) is 12.3 Å². The van der Waals surface area contributed by atoms with Gasteiger partial charge in [0.25, 0.3) is 5.91 Å². The van der Waals surface area contributed by atoms with Crippen LogP contribution in [-0.4, -0.2) is 89.5 Å². The molecule has 2 aromatic carbocycles. The molecule has 6 heterocycles. The van der Waals surface area contributed by atoms with Crippen molar-refractivity contribution in [1.29, 1.82) is 5.26 Å². The molecular formula is C43H47ClLiN7O4-2. The number of hydrogen-bond donors (Lipinski definition) is 1. The summed E-state index contributed by atoms with van der Waals surface area (Å²) in [7, 11) is 0. The van der Waals surface area contributed by atoms with E-state index in [-0.39, 0.29) is 48.6 Å². The predicted octanol–water partition coefficient (Wildman–Crippen LogP) is 3.09. The second kappa shape index (κ2) is 17.4. The van der Waals surface area contributed by atoms with Crippen molar-refractivity contribution in [1.82, 2.24) is 20.1 Å². The summed E-state index contributed by atoms with van der Waals surface area (Å²) in [6.07, 6.45) is 7.21. The molecule has 0 saturated carbocycles. The molecule has 1 aromatic heterocycles. The summed E-state index contributed by atoms with van der Waals surface area (Å²) in [5.41, 5.74) is 4.65. The number of anilines is 2. The molecule has 0 aliphatic carbocycles. The number of hydrogen-bond acceptors (Lipinski definition) is 9. The van der Waals surface area contributed by atoms with Gasteiger partial charge in [-0.15, -0.1) is 6.07 Å². The number of imide groups is 1. The topological polar surface area (TPSA) is 122 Å². The number of likely N-dealkylation sites (tertiary alicyclic amines) is 1. The number of amides is 3. The Morgan fingerprint density at radius 3 is 2.41 bits per heavy atom. The largest absolute Gasteiger partial charge is 1.00 e. The number of ether oxygens (including phenoxy) is 1. The van der Waals surface area contributed by atoms with Gasteiger partial charge in [-0.3, -0.25) is 34.5 Å². The number of halogens is 1. The van der Waals surface area contributed by atoms with Gasteiger partial charge in [-0.05, 0) is 62.9 Å². The zero-order valence-electron chi connectivity index (χ0n) is 32.3. The zero-order valence-corrected chi connectivity index (χ0v) is 33.1. The van der Waals surface area contributed by atoms with Crippen LogP contribution in [0.3, 0.4) is 0 Å². The van der Waals surface area contributed by atoms with Crippen LogP contribution < -0.4 is 38.7 Å². The summed E-state index contributed by atoms with van der Waals surface area (Å²) >= 11 is 6.12. The molecule has 2 atom stereocenters. The second-order valence-corrected chi connectivity index (χ2v) is 15.7. The van der Waals surface area contributed by atoms with E-state index >= 15 is 0 Å². The predicted molar refractivity (Wildman–Crippen MR) is 212 cm³/mol. The molecule has 13 heteroatoms. The summed E-state index contributed by atoms with van der Waals surface area (Å²) < 4.78 is 6.00. The van der Waals surface area contributed by atoms with Gasteiger partial charge in [0, 0.05) is 73.9 Å². The molecule has 8 rings (SSSR count). The molecule has 3 amide bonds. The second-order valence-electron chi connectivity index (χ2n) is 15.3. The smallest absolute Gasteiger partial charge is 0.490 e. The molecular weight excluding hydrogens is 721 g/mol. The minimum atomic E-state index is -0.699. The molecule has 1 N–H and O–H groups in total. The number of carbonyl (C=O) groups excluding carboxylic acids is 3. The number of pyridine rings is 1. The van der Waals surface area contributed by atoms with Crippen molar-refractivity contribution >= 4 is 46.4 Å². The van der Waals surface area contributed by atoms with Crippen molar-refractivity contribution < 1.29 is 38.0 Å². The Kier molecular flexibility index (Phi) is 12.9. The molecule has 56 heavy (non-hydrogen) atoms. The molecule has 3 aromatic rings. The van der Waals surface area contributed by atoms with Gasteiger partial charge in [0.2, 0.25) is 11.8 Å². The first kappa shape index (κ1) is 41.3. The Hall–Kier alpha value is -4.32. The average molecular weight is 768 g/mol.